The molecule has 0 aliphatic carbocycles. The molecular formula is C10H16N4O. The molecule has 15 heavy (non-hydrogen) atoms. The van der Waals surface area contributed by atoms with Crippen LogP contribution in [-0.4, -0.2) is 35.3 Å². The van der Waals surface area contributed by atoms with Crippen LogP contribution < -0.4 is 16.4 Å². The second-order valence-electron chi connectivity index (χ2n) is 3.99. The molecule has 2 unspecified atom stereocenters. The molecule has 1 saturated heterocycles. The molecule has 2 atom stereocenters. The number of aliphatic hydroxyl groups excluding tert-OH is 1. The standard InChI is InChI=1S/C10H16N4O/c11-7-3-8(15)6-14(5-7)10-1-2-13-4-9(10)12/h1-2,4,7-8,15H,3,5-6,11-12H2. The van der Waals surface area contributed by atoms with Crippen LogP contribution in [0.2, 0.25) is 0 Å². The molecule has 82 valence electrons. The molecule has 0 saturated carbocycles. The van der Waals surface area contributed by atoms with Gasteiger partial charge < -0.3 is 21.5 Å². The second-order valence-corrected chi connectivity index (χ2v) is 3.99. The average molecular weight is 208 g/mol. The monoisotopic (exact) mass is 208 g/mol. The molecule has 2 heterocycles. The van der Waals surface area contributed by atoms with Crippen LogP contribution in [0.3, 0.4) is 0 Å². The number of nitrogen functional groups attached to an aromatic ring is 1. The Hall–Kier alpha value is -1.33. The topological polar surface area (TPSA) is 88.4 Å². The number of pyridine rings is 1. The van der Waals surface area contributed by atoms with Crippen LogP contribution in [0.4, 0.5) is 11.4 Å². The zero-order valence-corrected chi connectivity index (χ0v) is 8.50. The summed E-state index contributed by atoms with van der Waals surface area (Å²) in [6.45, 7) is 1.31. The minimum absolute atomic E-state index is 0.00122. The number of nitrogens with two attached hydrogens (primary N) is 2. The first-order chi connectivity index (χ1) is 7.16. The first-order valence-electron chi connectivity index (χ1n) is 5.05. The molecule has 1 aromatic heterocycles. The van der Waals surface area contributed by atoms with E-state index in [1.54, 1.807) is 12.4 Å². The Labute approximate surface area is 88.7 Å². The summed E-state index contributed by atoms with van der Waals surface area (Å²) in [4.78, 5) is 5.94. The van der Waals surface area contributed by atoms with Gasteiger partial charge in [-0.15, -0.1) is 0 Å². The summed E-state index contributed by atoms with van der Waals surface area (Å²) in [7, 11) is 0. The van der Waals surface area contributed by atoms with Crippen LogP contribution in [0.5, 0.6) is 0 Å². The minimum Gasteiger partial charge on any atom is -0.396 e. The number of rotatable bonds is 1. The largest absolute Gasteiger partial charge is 0.396 e. The summed E-state index contributed by atoms with van der Waals surface area (Å²) in [6.07, 6.45) is 3.59. The van der Waals surface area contributed by atoms with E-state index in [1.807, 2.05) is 11.0 Å². The molecule has 0 bridgehead atoms. The number of β-amino-alcohol motifs (C(OH)–C–C–N with tert-alkyl or cyclic N) is 1. The van der Waals surface area contributed by atoms with E-state index in [-0.39, 0.29) is 12.1 Å². The van der Waals surface area contributed by atoms with Gasteiger partial charge in [0.15, 0.2) is 0 Å². The normalized spacial score (nSPS) is 26.7. The highest BCUT2D eigenvalue weighted by molar-refractivity contribution is 5.66. The fourth-order valence-electron chi connectivity index (χ4n) is 1.99. The molecule has 0 spiro atoms. The lowest BCUT2D eigenvalue weighted by atomic mass is 10.0. The van der Waals surface area contributed by atoms with Crippen molar-refractivity contribution in [2.75, 3.05) is 23.7 Å². The molecule has 1 fully saturated rings. The summed E-state index contributed by atoms with van der Waals surface area (Å²) in [5, 5.41) is 9.62. The smallest absolute Gasteiger partial charge is 0.0738 e. The lowest BCUT2D eigenvalue weighted by Gasteiger charge is -2.36. The maximum Gasteiger partial charge on any atom is 0.0738 e. The van der Waals surface area contributed by atoms with Crippen molar-refractivity contribution in [3.8, 4) is 0 Å². The molecule has 0 aromatic carbocycles. The zero-order chi connectivity index (χ0) is 10.8. The number of hydrogen-bond donors (Lipinski definition) is 3. The quantitative estimate of drug-likeness (QED) is 0.582. The van der Waals surface area contributed by atoms with Crippen molar-refractivity contribution in [1.29, 1.82) is 0 Å². The Kier molecular flexibility index (Phi) is 2.75. The van der Waals surface area contributed by atoms with Gasteiger partial charge in [0.2, 0.25) is 0 Å². The molecule has 1 aliphatic heterocycles. The first-order valence-corrected chi connectivity index (χ1v) is 5.05. The lowest BCUT2D eigenvalue weighted by Crippen LogP contribution is -2.49. The van der Waals surface area contributed by atoms with Gasteiger partial charge >= 0.3 is 0 Å². The van der Waals surface area contributed by atoms with Gasteiger partial charge in [0, 0.05) is 25.3 Å². The Morgan fingerprint density at radius 1 is 1.47 bits per heavy atom. The van der Waals surface area contributed by atoms with Crippen LogP contribution in [0.25, 0.3) is 0 Å². The summed E-state index contributed by atoms with van der Waals surface area (Å²) >= 11 is 0. The Morgan fingerprint density at radius 2 is 2.27 bits per heavy atom. The number of anilines is 2. The van der Waals surface area contributed by atoms with Crippen molar-refractivity contribution in [2.45, 2.75) is 18.6 Å². The third-order valence-electron chi connectivity index (χ3n) is 2.63. The Bertz CT molecular complexity index is 334. The van der Waals surface area contributed by atoms with Crippen molar-refractivity contribution in [1.82, 2.24) is 4.98 Å². The fourth-order valence-corrected chi connectivity index (χ4v) is 1.99. The first kappa shape index (κ1) is 10.2. The molecule has 5 heteroatoms. The third kappa shape index (κ3) is 2.19. The van der Waals surface area contributed by atoms with E-state index < -0.39 is 0 Å². The number of aliphatic hydroxyl groups is 1. The SMILES string of the molecule is Nc1cnccc1N1CC(N)CC(O)C1. The van der Waals surface area contributed by atoms with Crippen molar-refractivity contribution in [2.24, 2.45) is 5.73 Å². The number of nitrogens with zero attached hydrogens (tertiary/aromatic N) is 2. The van der Waals surface area contributed by atoms with E-state index in [1.165, 1.54) is 0 Å². The minimum atomic E-state index is -0.374. The van der Waals surface area contributed by atoms with Gasteiger partial charge in [0.1, 0.15) is 0 Å². The van der Waals surface area contributed by atoms with Gasteiger partial charge in [-0.1, -0.05) is 0 Å². The lowest BCUT2D eigenvalue weighted by molar-refractivity contribution is 0.145. The molecule has 1 aliphatic rings. The molecule has 0 amide bonds. The van der Waals surface area contributed by atoms with Crippen LogP contribution in [0.15, 0.2) is 18.5 Å². The van der Waals surface area contributed by atoms with E-state index in [0.29, 0.717) is 18.7 Å². The molecule has 1 aromatic rings. The average Bonchev–Trinajstić information content (AvgIpc) is 2.16. The molecule has 5 N–H and O–H groups in total. The van der Waals surface area contributed by atoms with Gasteiger partial charge in [-0.2, -0.15) is 0 Å². The highest BCUT2D eigenvalue weighted by atomic mass is 16.3. The van der Waals surface area contributed by atoms with Crippen LogP contribution in [-0.2, 0) is 0 Å². The molecule has 5 nitrogen and oxygen atoms in total. The second kappa shape index (κ2) is 4.04. The highest BCUT2D eigenvalue weighted by Crippen LogP contribution is 2.24. The van der Waals surface area contributed by atoms with Crippen molar-refractivity contribution in [3.63, 3.8) is 0 Å². The van der Waals surface area contributed by atoms with Crippen LogP contribution in [0.1, 0.15) is 6.42 Å². The zero-order valence-electron chi connectivity index (χ0n) is 8.50. The van der Waals surface area contributed by atoms with Gasteiger partial charge in [0.25, 0.3) is 0 Å². The van der Waals surface area contributed by atoms with Crippen molar-refractivity contribution < 1.29 is 5.11 Å². The van der Waals surface area contributed by atoms with Gasteiger partial charge in [-0.05, 0) is 12.5 Å². The van der Waals surface area contributed by atoms with Crippen LogP contribution >= 0.6 is 0 Å². The summed E-state index contributed by atoms with van der Waals surface area (Å²) in [6, 6.07) is 1.85. The summed E-state index contributed by atoms with van der Waals surface area (Å²) in [5.74, 6) is 0. The maximum absolute atomic E-state index is 9.62. The fraction of sp³-hybridized carbons (Fsp3) is 0.500. The molecular weight excluding hydrogens is 192 g/mol. The van der Waals surface area contributed by atoms with Gasteiger partial charge in [0.05, 0.1) is 23.7 Å². The Morgan fingerprint density at radius 3 is 2.93 bits per heavy atom. The van der Waals surface area contributed by atoms with Gasteiger partial charge in [-0.25, -0.2) is 0 Å². The number of hydrogen-bond acceptors (Lipinski definition) is 5. The van der Waals surface area contributed by atoms with Gasteiger partial charge in [-0.3, -0.25) is 4.98 Å². The van der Waals surface area contributed by atoms with Crippen LogP contribution in [0, 0.1) is 0 Å². The third-order valence-corrected chi connectivity index (χ3v) is 2.63. The summed E-state index contributed by atoms with van der Waals surface area (Å²) in [5.41, 5.74) is 13.2. The Balaban J connectivity index is 2.20. The number of aromatic nitrogens is 1. The predicted octanol–water partition coefficient (Wildman–Crippen LogP) is -0.438. The van der Waals surface area contributed by atoms with E-state index >= 15 is 0 Å². The van der Waals surface area contributed by atoms with E-state index in [4.69, 9.17) is 11.5 Å². The molecule has 2 rings (SSSR count). The highest BCUT2D eigenvalue weighted by Gasteiger charge is 2.24. The maximum atomic E-state index is 9.62. The van der Waals surface area contributed by atoms with Crippen molar-refractivity contribution in [3.05, 3.63) is 18.5 Å². The van der Waals surface area contributed by atoms with E-state index in [2.05, 4.69) is 4.98 Å². The predicted molar refractivity (Wildman–Crippen MR) is 59.5 cm³/mol. The summed E-state index contributed by atoms with van der Waals surface area (Å²) < 4.78 is 0. The molecule has 0 radical (unpaired) electrons. The van der Waals surface area contributed by atoms with E-state index in [0.717, 1.165) is 12.2 Å². The van der Waals surface area contributed by atoms with E-state index in [9.17, 15) is 5.11 Å². The number of piperidine rings is 1. The van der Waals surface area contributed by atoms with Crippen molar-refractivity contribution >= 4 is 11.4 Å².